The minimum absolute atomic E-state index is 0.0255. The van der Waals surface area contributed by atoms with Crippen molar-refractivity contribution >= 4 is 34.6 Å². The highest BCUT2D eigenvalue weighted by Crippen LogP contribution is 2.25. The highest BCUT2D eigenvalue weighted by molar-refractivity contribution is 6.31. The van der Waals surface area contributed by atoms with Gasteiger partial charge in [-0.2, -0.15) is 13.2 Å². The Kier molecular flexibility index (Phi) is 8.80. The Morgan fingerprint density at radius 3 is 2.44 bits per heavy atom. The molecule has 12 heteroatoms. The van der Waals surface area contributed by atoms with E-state index in [4.69, 9.17) is 34.6 Å². The predicted molar refractivity (Wildman–Crippen MR) is 126 cm³/mol. The lowest BCUT2D eigenvalue weighted by molar-refractivity contribution is -0.110. The summed E-state index contributed by atoms with van der Waals surface area (Å²) in [4.78, 5) is 19.1. The third-order valence-corrected chi connectivity index (χ3v) is 5.05. The van der Waals surface area contributed by atoms with E-state index < -0.39 is 17.6 Å². The van der Waals surface area contributed by atoms with Crippen LogP contribution in [-0.2, 0) is 17.9 Å². The Hall–Kier alpha value is -3.41. The van der Waals surface area contributed by atoms with Crippen LogP contribution in [0.2, 0.25) is 5.02 Å². The number of fused-ring (bicyclic) bond motifs is 1. The van der Waals surface area contributed by atoms with Gasteiger partial charge in [-0.15, -0.1) is 0 Å². The van der Waals surface area contributed by atoms with Crippen LogP contribution in [0.4, 0.5) is 19.0 Å². The maximum Gasteiger partial charge on any atom is 0.432 e. The van der Waals surface area contributed by atoms with Gasteiger partial charge in [-0.1, -0.05) is 17.7 Å². The molecule has 34 heavy (non-hydrogen) atoms. The van der Waals surface area contributed by atoms with E-state index in [1.807, 2.05) is 19.9 Å². The van der Waals surface area contributed by atoms with Crippen LogP contribution in [0.15, 0.2) is 47.9 Å². The molecule has 0 fully saturated rings. The monoisotopic (exact) mass is 495 g/mol. The molecule has 2 aromatic heterocycles. The third-order valence-electron chi connectivity index (χ3n) is 4.85. The van der Waals surface area contributed by atoms with Gasteiger partial charge in [-0.3, -0.25) is 9.78 Å². The number of allylic oxidation sites excluding steroid dienone is 2. The average molecular weight is 496 g/mol. The van der Waals surface area contributed by atoms with E-state index in [2.05, 4.69) is 9.97 Å². The Balaban J connectivity index is 0.000000310. The molecule has 8 N–H and O–H groups in total. The second kappa shape index (κ2) is 11.1. The fourth-order valence-corrected chi connectivity index (χ4v) is 3.33. The van der Waals surface area contributed by atoms with Gasteiger partial charge in [-0.25, -0.2) is 10.8 Å². The van der Waals surface area contributed by atoms with Crippen LogP contribution >= 0.6 is 11.6 Å². The molecular weight excluding hydrogens is 471 g/mol. The van der Waals surface area contributed by atoms with Gasteiger partial charge in [-0.05, 0) is 54.8 Å². The second-order valence-corrected chi connectivity index (χ2v) is 7.79. The molecule has 0 aliphatic heterocycles. The van der Waals surface area contributed by atoms with Crippen molar-refractivity contribution in [2.75, 3.05) is 5.73 Å². The molecule has 0 spiro atoms. The number of hydrogen-bond acceptors (Lipinski definition) is 8. The fraction of sp³-hybridized carbons (Fsp3) is 0.227. The number of halogens is 4. The number of benzene rings is 1. The van der Waals surface area contributed by atoms with Crippen LogP contribution in [0.1, 0.15) is 22.4 Å². The van der Waals surface area contributed by atoms with E-state index in [-0.39, 0.29) is 12.8 Å². The number of nitrogens with two attached hydrogens (primary N) is 4. The topological polar surface area (TPSA) is 150 Å². The standard InChI is InChI=1S/C14H12ClF3N4O.C8H13N3/c15-10-4-9-3-8(1-2-11(9)21-5-10)6-22(20)12(7-23)13(19)14(16,17)18;1-5-3-8(10)11-6(2)7(5)4-9/h1-5,7H,6,19-20H2;3H,4,9H2,1-2H3,(H2,10,11)/b13-12-;. The van der Waals surface area contributed by atoms with Gasteiger partial charge in [0.25, 0.3) is 0 Å². The van der Waals surface area contributed by atoms with E-state index >= 15 is 0 Å². The number of hydrazine groups is 1. The number of aldehydes is 1. The number of alkyl halides is 3. The van der Waals surface area contributed by atoms with Gasteiger partial charge in [0, 0.05) is 23.8 Å². The molecule has 0 amide bonds. The Morgan fingerprint density at radius 2 is 1.88 bits per heavy atom. The molecule has 0 radical (unpaired) electrons. The van der Waals surface area contributed by atoms with Gasteiger partial charge in [0.1, 0.15) is 17.2 Å². The van der Waals surface area contributed by atoms with E-state index in [0.717, 1.165) is 16.8 Å². The molecule has 0 saturated heterocycles. The maximum absolute atomic E-state index is 12.6. The van der Waals surface area contributed by atoms with Crippen molar-refractivity contribution in [3.8, 4) is 0 Å². The van der Waals surface area contributed by atoms with Crippen molar-refractivity contribution in [3.05, 3.63) is 75.3 Å². The number of carbonyl (C=O) groups is 1. The predicted octanol–water partition coefficient (Wildman–Crippen LogP) is 3.23. The first-order valence-electron chi connectivity index (χ1n) is 9.88. The molecule has 8 nitrogen and oxygen atoms in total. The van der Waals surface area contributed by atoms with E-state index in [1.165, 1.54) is 6.20 Å². The highest BCUT2D eigenvalue weighted by Gasteiger charge is 2.35. The van der Waals surface area contributed by atoms with Crippen LogP contribution in [0.5, 0.6) is 0 Å². The summed E-state index contributed by atoms with van der Waals surface area (Å²) in [5.41, 5.74) is 18.0. The fourth-order valence-electron chi connectivity index (χ4n) is 3.16. The molecule has 1 aromatic carbocycles. The summed E-state index contributed by atoms with van der Waals surface area (Å²) in [5, 5.41) is 1.77. The first-order chi connectivity index (χ1) is 15.9. The lowest BCUT2D eigenvalue weighted by atomic mass is 10.1. The number of pyridine rings is 2. The number of nitrogens with zero attached hydrogens (tertiary/aromatic N) is 3. The number of nitrogen functional groups attached to an aromatic ring is 1. The molecule has 0 aliphatic carbocycles. The normalized spacial score (nSPS) is 12.0. The first-order valence-corrected chi connectivity index (χ1v) is 10.3. The zero-order chi connectivity index (χ0) is 25.6. The summed E-state index contributed by atoms with van der Waals surface area (Å²) >= 11 is 5.85. The molecule has 3 rings (SSSR count). The Labute approximate surface area is 199 Å². The van der Waals surface area contributed by atoms with Crippen LogP contribution in [-0.4, -0.2) is 27.4 Å². The zero-order valence-corrected chi connectivity index (χ0v) is 19.3. The molecule has 2 heterocycles. The summed E-state index contributed by atoms with van der Waals surface area (Å²) in [7, 11) is 0. The van der Waals surface area contributed by atoms with Gasteiger partial charge in [0.05, 0.1) is 17.1 Å². The van der Waals surface area contributed by atoms with E-state index in [1.54, 1.807) is 24.3 Å². The lowest BCUT2D eigenvalue weighted by Gasteiger charge is -2.21. The first kappa shape index (κ1) is 26.8. The molecule has 0 atom stereocenters. The lowest BCUT2D eigenvalue weighted by Crippen LogP contribution is -2.36. The minimum Gasteiger partial charge on any atom is -0.393 e. The molecule has 0 unspecified atom stereocenters. The summed E-state index contributed by atoms with van der Waals surface area (Å²) in [6, 6.07) is 8.48. The van der Waals surface area contributed by atoms with Gasteiger partial charge in [0.2, 0.25) is 0 Å². The number of anilines is 1. The number of rotatable bonds is 5. The van der Waals surface area contributed by atoms with E-state index in [9.17, 15) is 18.0 Å². The SMILES string of the molecule is Cc1cc(N)nc(C)c1CN.N/C(=C(/C=O)N(N)Cc1ccc2ncc(Cl)cc2c1)C(F)(F)F. The summed E-state index contributed by atoms with van der Waals surface area (Å²) < 4.78 is 37.8. The van der Waals surface area contributed by atoms with Gasteiger partial charge in [0.15, 0.2) is 6.29 Å². The quantitative estimate of drug-likeness (QED) is 0.182. The smallest absolute Gasteiger partial charge is 0.393 e. The second-order valence-electron chi connectivity index (χ2n) is 7.36. The number of aromatic nitrogens is 2. The van der Waals surface area contributed by atoms with E-state index in [0.29, 0.717) is 38.9 Å². The summed E-state index contributed by atoms with van der Waals surface area (Å²) in [6.45, 7) is 4.30. The largest absolute Gasteiger partial charge is 0.432 e. The summed E-state index contributed by atoms with van der Waals surface area (Å²) in [6.07, 6.45) is -3.38. The molecule has 182 valence electrons. The number of hydrogen-bond donors (Lipinski definition) is 4. The average Bonchev–Trinajstić information content (AvgIpc) is 2.73. The van der Waals surface area contributed by atoms with Gasteiger partial charge >= 0.3 is 6.18 Å². The van der Waals surface area contributed by atoms with Crippen molar-refractivity contribution in [3.63, 3.8) is 0 Å². The number of aryl methyl sites for hydroxylation is 2. The highest BCUT2D eigenvalue weighted by atomic mass is 35.5. The van der Waals surface area contributed by atoms with Crippen LogP contribution in [0.3, 0.4) is 0 Å². The minimum atomic E-state index is -4.84. The molecule has 0 saturated carbocycles. The van der Waals surface area contributed by atoms with Crippen LogP contribution in [0.25, 0.3) is 10.9 Å². The van der Waals surface area contributed by atoms with Gasteiger partial charge < -0.3 is 22.2 Å². The molecule has 0 bridgehead atoms. The Morgan fingerprint density at radius 1 is 1.21 bits per heavy atom. The maximum atomic E-state index is 12.6. The number of carbonyl (C=O) groups excluding carboxylic acids is 1. The molecule has 3 aromatic rings. The van der Waals surface area contributed by atoms with Crippen LogP contribution < -0.4 is 23.0 Å². The van der Waals surface area contributed by atoms with Crippen molar-refractivity contribution in [2.24, 2.45) is 17.3 Å². The summed E-state index contributed by atoms with van der Waals surface area (Å²) in [5.74, 6) is 6.12. The van der Waals surface area contributed by atoms with Crippen molar-refractivity contribution < 1.29 is 18.0 Å². The Bertz CT molecular complexity index is 1190. The van der Waals surface area contributed by atoms with Crippen molar-refractivity contribution in [1.82, 2.24) is 15.0 Å². The molecular formula is C22H25ClF3N7O. The molecule has 0 aliphatic rings. The third kappa shape index (κ3) is 6.80. The zero-order valence-electron chi connectivity index (χ0n) is 18.5. The van der Waals surface area contributed by atoms with Crippen molar-refractivity contribution in [1.29, 1.82) is 0 Å². The van der Waals surface area contributed by atoms with Crippen LogP contribution in [0, 0.1) is 13.8 Å². The van der Waals surface area contributed by atoms with Crippen molar-refractivity contribution in [2.45, 2.75) is 33.1 Å².